The zero-order valence-electron chi connectivity index (χ0n) is 10.0. The molecule has 0 aliphatic heterocycles. The van der Waals surface area contributed by atoms with Gasteiger partial charge in [0, 0.05) is 19.1 Å². The third kappa shape index (κ3) is 2.26. The van der Waals surface area contributed by atoms with E-state index < -0.39 is 0 Å². The molecule has 6 heteroatoms. The lowest BCUT2D eigenvalue weighted by atomic mass is 9.90. The van der Waals surface area contributed by atoms with Crippen LogP contribution in [0, 0.1) is 0 Å². The first-order valence-electron chi connectivity index (χ1n) is 5.93. The third-order valence-electron chi connectivity index (χ3n) is 3.48. The fourth-order valence-electron chi connectivity index (χ4n) is 2.46. The number of nitrogens with one attached hydrogen (secondary N) is 1. The average molecular weight is 237 g/mol. The van der Waals surface area contributed by atoms with Crippen LogP contribution in [0.5, 0.6) is 0 Å². The molecule has 17 heavy (non-hydrogen) atoms. The Morgan fingerprint density at radius 1 is 1.47 bits per heavy atom. The molecule has 6 nitrogen and oxygen atoms in total. The molecule has 1 aromatic heterocycles. The average Bonchev–Trinajstić information content (AvgIpc) is 2.32. The maximum Gasteiger partial charge on any atom is 0.276 e. The van der Waals surface area contributed by atoms with Gasteiger partial charge in [-0.2, -0.15) is 0 Å². The fraction of sp³-hybridized carbons (Fsp3) is 0.636. The Balaban J connectivity index is 2.26. The first-order chi connectivity index (χ1) is 8.11. The summed E-state index contributed by atoms with van der Waals surface area (Å²) in [5.41, 5.74) is 11.7. The van der Waals surface area contributed by atoms with Crippen molar-refractivity contribution in [3.05, 3.63) is 16.7 Å². The van der Waals surface area contributed by atoms with Crippen LogP contribution in [-0.2, 0) is 0 Å². The number of likely N-dealkylation sites (N-methyl/N-ethyl adjacent to an activating group) is 1. The van der Waals surface area contributed by atoms with E-state index >= 15 is 0 Å². The Kier molecular flexibility index (Phi) is 3.33. The molecule has 1 aliphatic carbocycles. The Morgan fingerprint density at radius 2 is 2.18 bits per heavy atom. The summed E-state index contributed by atoms with van der Waals surface area (Å²) in [5.74, 6) is 0.524. The smallest absolute Gasteiger partial charge is 0.276 e. The lowest BCUT2D eigenvalue weighted by Crippen LogP contribution is -2.48. The van der Waals surface area contributed by atoms with Crippen LogP contribution < -0.4 is 21.9 Å². The number of H-pyrrole nitrogens is 1. The van der Waals surface area contributed by atoms with E-state index in [2.05, 4.69) is 9.97 Å². The SMILES string of the molecule is CN(c1nc[nH]c(=O)c1N)C1CCCCC1N. The van der Waals surface area contributed by atoms with Gasteiger partial charge in [-0.3, -0.25) is 4.79 Å². The minimum absolute atomic E-state index is 0.120. The molecule has 2 rings (SSSR count). The van der Waals surface area contributed by atoms with Crippen molar-refractivity contribution in [1.29, 1.82) is 0 Å². The van der Waals surface area contributed by atoms with E-state index in [1.165, 1.54) is 12.7 Å². The van der Waals surface area contributed by atoms with Crippen molar-refractivity contribution in [3.8, 4) is 0 Å². The molecule has 2 atom stereocenters. The molecule has 1 aromatic rings. The largest absolute Gasteiger partial charge is 0.391 e. The summed E-state index contributed by atoms with van der Waals surface area (Å²) < 4.78 is 0. The lowest BCUT2D eigenvalue weighted by molar-refractivity contribution is 0.372. The summed E-state index contributed by atoms with van der Waals surface area (Å²) in [7, 11) is 1.90. The summed E-state index contributed by atoms with van der Waals surface area (Å²) in [4.78, 5) is 20.0. The van der Waals surface area contributed by atoms with Crippen LogP contribution in [0.2, 0.25) is 0 Å². The topological polar surface area (TPSA) is 101 Å². The van der Waals surface area contributed by atoms with E-state index in [-0.39, 0.29) is 23.3 Å². The summed E-state index contributed by atoms with van der Waals surface area (Å²) >= 11 is 0. The van der Waals surface area contributed by atoms with Crippen molar-refractivity contribution in [2.75, 3.05) is 17.7 Å². The van der Waals surface area contributed by atoms with Crippen LogP contribution in [0.4, 0.5) is 11.5 Å². The number of aromatic nitrogens is 2. The number of anilines is 2. The second kappa shape index (κ2) is 4.75. The molecule has 2 unspecified atom stereocenters. The van der Waals surface area contributed by atoms with Gasteiger partial charge in [-0.1, -0.05) is 12.8 Å². The summed E-state index contributed by atoms with van der Waals surface area (Å²) in [6.07, 6.45) is 5.73. The normalized spacial score (nSPS) is 24.6. The zero-order chi connectivity index (χ0) is 12.4. The molecule has 0 spiro atoms. The van der Waals surface area contributed by atoms with E-state index in [4.69, 9.17) is 11.5 Å². The molecule has 0 aromatic carbocycles. The predicted molar refractivity (Wildman–Crippen MR) is 67.9 cm³/mol. The molecule has 1 saturated carbocycles. The predicted octanol–water partition coefficient (Wildman–Crippen LogP) is 0.0582. The highest BCUT2D eigenvalue weighted by molar-refractivity contribution is 5.61. The molecule has 5 N–H and O–H groups in total. The van der Waals surface area contributed by atoms with Gasteiger partial charge in [-0.15, -0.1) is 0 Å². The Morgan fingerprint density at radius 3 is 2.88 bits per heavy atom. The van der Waals surface area contributed by atoms with E-state index in [0.29, 0.717) is 5.82 Å². The summed E-state index contributed by atoms with van der Waals surface area (Å²) in [6.45, 7) is 0. The number of rotatable bonds is 2. The van der Waals surface area contributed by atoms with Crippen molar-refractivity contribution in [1.82, 2.24) is 9.97 Å². The van der Waals surface area contributed by atoms with Crippen LogP contribution in [0.1, 0.15) is 25.7 Å². The van der Waals surface area contributed by atoms with E-state index in [1.807, 2.05) is 11.9 Å². The molecule has 0 amide bonds. The number of nitrogen functional groups attached to an aromatic ring is 1. The Hall–Kier alpha value is -1.56. The standard InChI is InChI=1S/C11H19N5O/c1-16(8-5-3-2-4-7(8)12)10-9(13)11(17)15-6-14-10/h6-8H,2-5,12-13H2,1H3,(H,14,15,17). The van der Waals surface area contributed by atoms with Crippen LogP contribution in [0.15, 0.2) is 11.1 Å². The second-order valence-corrected chi connectivity index (χ2v) is 4.60. The number of aromatic amines is 1. The molecular formula is C11H19N5O. The first kappa shape index (κ1) is 11.9. The number of nitrogens with zero attached hydrogens (tertiary/aromatic N) is 2. The van der Waals surface area contributed by atoms with Crippen molar-refractivity contribution >= 4 is 11.5 Å². The fourth-order valence-corrected chi connectivity index (χ4v) is 2.46. The second-order valence-electron chi connectivity index (χ2n) is 4.60. The van der Waals surface area contributed by atoms with Gasteiger partial charge in [0.15, 0.2) is 5.82 Å². The van der Waals surface area contributed by atoms with Crippen LogP contribution in [0.25, 0.3) is 0 Å². The highest BCUT2D eigenvalue weighted by Crippen LogP contribution is 2.25. The highest BCUT2D eigenvalue weighted by Gasteiger charge is 2.27. The van der Waals surface area contributed by atoms with Crippen molar-refractivity contribution in [2.24, 2.45) is 5.73 Å². The quantitative estimate of drug-likeness (QED) is 0.675. The Labute approximate surface area is 100 Å². The van der Waals surface area contributed by atoms with Crippen LogP contribution in [-0.4, -0.2) is 29.1 Å². The zero-order valence-corrected chi connectivity index (χ0v) is 10.0. The Bertz CT molecular complexity index is 444. The molecular weight excluding hydrogens is 218 g/mol. The molecule has 1 fully saturated rings. The van der Waals surface area contributed by atoms with Gasteiger partial charge in [0.2, 0.25) is 0 Å². The van der Waals surface area contributed by atoms with Gasteiger partial charge < -0.3 is 21.4 Å². The van der Waals surface area contributed by atoms with Gasteiger partial charge in [-0.25, -0.2) is 4.98 Å². The summed E-state index contributed by atoms with van der Waals surface area (Å²) in [5, 5.41) is 0. The van der Waals surface area contributed by atoms with Crippen molar-refractivity contribution in [2.45, 2.75) is 37.8 Å². The van der Waals surface area contributed by atoms with Crippen LogP contribution >= 0.6 is 0 Å². The van der Waals surface area contributed by atoms with Crippen molar-refractivity contribution < 1.29 is 0 Å². The van der Waals surface area contributed by atoms with Gasteiger partial charge >= 0.3 is 0 Å². The molecule has 1 aliphatic rings. The lowest BCUT2D eigenvalue weighted by Gasteiger charge is -2.36. The van der Waals surface area contributed by atoms with Crippen molar-refractivity contribution in [3.63, 3.8) is 0 Å². The third-order valence-corrected chi connectivity index (χ3v) is 3.48. The van der Waals surface area contributed by atoms with E-state index in [0.717, 1.165) is 19.3 Å². The minimum Gasteiger partial charge on any atom is -0.391 e. The molecule has 1 heterocycles. The number of nitrogens with two attached hydrogens (primary N) is 2. The van der Waals surface area contributed by atoms with Crippen LogP contribution in [0.3, 0.4) is 0 Å². The molecule has 0 saturated heterocycles. The minimum atomic E-state index is -0.300. The first-order valence-corrected chi connectivity index (χ1v) is 5.93. The molecule has 0 radical (unpaired) electrons. The number of hydrogen-bond donors (Lipinski definition) is 3. The van der Waals surface area contributed by atoms with Gasteiger partial charge in [0.1, 0.15) is 5.69 Å². The maximum atomic E-state index is 11.4. The monoisotopic (exact) mass is 237 g/mol. The van der Waals surface area contributed by atoms with E-state index in [1.54, 1.807) is 0 Å². The maximum absolute atomic E-state index is 11.4. The molecule has 0 bridgehead atoms. The number of hydrogen-bond acceptors (Lipinski definition) is 5. The van der Waals surface area contributed by atoms with E-state index in [9.17, 15) is 4.79 Å². The summed E-state index contributed by atoms with van der Waals surface area (Å²) in [6, 6.07) is 0.328. The van der Waals surface area contributed by atoms with Gasteiger partial charge in [0.25, 0.3) is 5.56 Å². The molecule has 94 valence electrons. The van der Waals surface area contributed by atoms with Gasteiger partial charge in [-0.05, 0) is 12.8 Å². The van der Waals surface area contributed by atoms with Gasteiger partial charge in [0.05, 0.1) is 6.33 Å². The highest BCUT2D eigenvalue weighted by atomic mass is 16.1.